The van der Waals surface area contributed by atoms with Crippen LogP contribution in [0.1, 0.15) is 51.3 Å². The molecule has 4 heteroatoms. The molecular weight excluding hydrogens is 248 g/mol. The van der Waals surface area contributed by atoms with Gasteiger partial charge >= 0.3 is 0 Å². The topological polar surface area (TPSA) is 33.1 Å². The van der Waals surface area contributed by atoms with Crippen molar-refractivity contribution in [3.63, 3.8) is 0 Å². The third-order valence-electron chi connectivity index (χ3n) is 4.50. The Morgan fingerprint density at radius 3 is 2.70 bits per heavy atom. The van der Waals surface area contributed by atoms with Crippen molar-refractivity contribution in [1.29, 1.82) is 0 Å². The second-order valence-corrected chi connectivity index (χ2v) is 6.80. The van der Waals surface area contributed by atoms with Crippen LogP contribution in [-0.4, -0.2) is 29.4 Å². The fraction of sp³-hybridized carbons (Fsp3) is 0.812. The summed E-state index contributed by atoms with van der Waals surface area (Å²) < 4.78 is 2.07. The molecule has 1 saturated heterocycles. The van der Waals surface area contributed by atoms with Crippen molar-refractivity contribution in [1.82, 2.24) is 15.1 Å². The molecule has 0 atom stereocenters. The van der Waals surface area contributed by atoms with Crippen LogP contribution in [0.5, 0.6) is 0 Å². The molecule has 0 aliphatic carbocycles. The molecule has 4 nitrogen and oxygen atoms in total. The van der Waals surface area contributed by atoms with E-state index in [1.807, 2.05) is 0 Å². The second-order valence-electron chi connectivity index (χ2n) is 6.80. The van der Waals surface area contributed by atoms with Crippen LogP contribution in [0.15, 0.2) is 0 Å². The Bertz CT molecular complexity index is 448. The fourth-order valence-corrected chi connectivity index (χ4v) is 3.18. The molecule has 1 aromatic rings. The number of nitrogens with one attached hydrogen (secondary N) is 1. The zero-order chi connectivity index (χ0) is 14.8. The van der Waals surface area contributed by atoms with E-state index in [0.717, 1.165) is 31.9 Å². The van der Waals surface area contributed by atoms with Crippen molar-refractivity contribution in [2.45, 2.75) is 53.5 Å². The van der Waals surface area contributed by atoms with E-state index in [2.05, 4.69) is 54.7 Å². The Hall–Kier alpha value is -1.03. The molecule has 1 N–H and O–H groups in total. The molecule has 0 radical (unpaired) electrons. The van der Waals surface area contributed by atoms with Gasteiger partial charge in [-0.1, -0.05) is 20.8 Å². The lowest BCUT2D eigenvalue weighted by atomic mass is 9.85. The molecule has 0 bridgehead atoms. The van der Waals surface area contributed by atoms with Gasteiger partial charge in [-0.05, 0) is 38.1 Å². The van der Waals surface area contributed by atoms with Crippen LogP contribution >= 0.6 is 0 Å². The minimum atomic E-state index is 0.476. The number of hydrogen-bond acceptors (Lipinski definition) is 3. The van der Waals surface area contributed by atoms with Gasteiger partial charge in [0.2, 0.25) is 0 Å². The normalized spacial score (nSPS) is 19.1. The summed E-state index contributed by atoms with van der Waals surface area (Å²) in [6, 6.07) is 0. The van der Waals surface area contributed by atoms with Gasteiger partial charge in [-0.25, -0.2) is 0 Å². The summed E-state index contributed by atoms with van der Waals surface area (Å²) in [4.78, 5) is 2.54. The van der Waals surface area contributed by atoms with Crippen LogP contribution in [0, 0.1) is 12.3 Å². The Morgan fingerprint density at radius 2 is 2.00 bits per heavy atom. The van der Waals surface area contributed by atoms with E-state index < -0.39 is 0 Å². The van der Waals surface area contributed by atoms with Gasteiger partial charge in [0.05, 0.1) is 5.69 Å². The van der Waals surface area contributed by atoms with Crippen LogP contribution in [0.2, 0.25) is 0 Å². The minimum absolute atomic E-state index is 0.476. The largest absolute Gasteiger partial charge is 0.357 e. The first-order chi connectivity index (χ1) is 9.44. The standard InChI is InChI=1S/C16H30N4/c1-6-17-12-14-13(2)18-19(5)15(14)20-10-7-8-16(3,4)9-11-20/h17H,6-12H2,1-5H3. The Balaban J connectivity index is 2.22. The van der Waals surface area contributed by atoms with Gasteiger partial charge in [-0.3, -0.25) is 4.68 Å². The van der Waals surface area contributed by atoms with E-state index in [4.69, 9.17) is 0 Å². The summed E-state index contributed by atoms with van der Waals surface area (Å²) in [6.45, 7) is 13.3. The van der Waals surface area contributed by atoms with Gasteiger partial charge < -0.3 is 10.2 Å². The van der Waals surface area contributed by atoms with Crippen LogP contribution in [-0.2, 0) is 13.6 Å². The highest BCUT2D eigenvalue weighted by molar-refractivity contribution is 5.50. The van der Waals surface area contributed by atoms with E-state index in [1.165, 1.54) is 30.6 Å². The smallest absolute Gasteiger partial charge is 0.131 e. The lowest BCUT2D eigenvalue weighted by Crippen LogP contribution is -2.28. The molecule has 2 heterocycles. The Morgan fingerprint density at radius 1 is 1.25 bits per heavy atom. The maximum absolute atomic E-state index is 4.64. The lowest BCUT2D eigenvalue weighted by Gasteiger charge is -2.26. The van der Waals surface area contributed by atoms with Crippen molar-refractivity contribution in [2.75, 3.05) is 24.5 Å². The minimum Gasteiger partial charge on any atom is -0.357 e. The molecule has 1 aliphatic rings. The van der Waals surface area contributed by atoms with Crippen LogP contribution in [0.25, 0.3) is 0 Å². The monoisotopic (exact) mass is 278 g/mol. The quantitative estimate of drug-likeness (QED) is 0.919. The highest BCUT2D eigenvalue weighted by Gasteiger charge is 2.26. The molecule has 1 aliphatic heterocycles. The molecule has 1 fully saturated rings. The molecule has 0 saturated carbocycles. The number of aromatic nitrogens is 2. The number of nitrogens with zero attached hydrogens (tertiary/aromatic N) is 3. The SMILES string of the molecule is CCNCc1c(C)nn(C)c1N1CCCC(C)(C)CC1. The molecule has 0 unspecified atom stereocenters. The number of rotatable bonds is 4. The summed E-state index contributed by atoms with van der Waals surface area (Å²) in [5, 5.41) is 8.09. The van der Waals surface area contributed by atoms with Gasteiger partial charge in [-0.15, -0.1) is 0 Å². The number of anilines is 1. The summed E-state index contributed by atoms with van der Waals surface area (Å²) in [6.07, 6.45) is 3.86. The van der Waals surface area contributed by atoms with Crippen molar-refractivity contribution in [3.8, 4) is 0 Å². The van der Waals surface area contributed by atoms with Crippen LogP contribution < -0.4 is 10.2 Å². The predicted molar refractivity (Wildman–Crippen MR) is 85.2 cm³/mol. The molecule has 20 heavy (non-hydrogen) atoms. The van der Waals surface area contributed by atoms with Crippen LogP contribution in [0.4, 0.5) is 5.82 Å². The van der Waals surface area contributed by atoms with Crippen molar-refractivity contribution >= 4 is 5.82 Å². The highest BCUT2D eigenvalue weighted by atomic mass is 15.4. The van der Waals surface area contributed by atoms with E-state index in [1.54, 1.807) is 0 Å². The molecular formula is C16H30N4. The molecule has 2 rings (SSSR count). The Labute approximate surface area is 123 Å². The summed E-state index contributed by atoms with van der Waals surface area (Å²) in [5.74, 6) is 1.32. The summed E-state index contributed by atoms with van der Waals surface area (Å²) >= 11 is 0. The first-order valence-corrected chi connectivity index (χ1v) is 7.93. The average molecular weight is 278 g/mol. The molecule has 0 spiro atoms. The predicted octanol–water partition coefficient (Wildman–Crippen LogP) is 2.85. The maximum Gasteiger partial charge on any atom is 0.131 e. The average Bonchev–Trinajstić information content (AvgIpc) is 2.54. The third-order valence-corrected chi connectivity index (χ3v) is 4.50. The molecule has 0 amide bonds. The first kappa shape index (κ1) is 15.4. The van der Waals surface area contributed by atoms with Gasteiger partial charge in [0.25, 0.3) is 0 Å². The first-order valence-electron chi connectivity index (χ1n) is 7.93. The van der Waals surface area contributed by atoms with Crippen molar-refractivity contribution in [3.05, 3.63) is 11.3 Å². The van der Waals surface area contributed by atoms with Gasteiger partial charge in [0.15, 0.2) is 0 Å². The van der Waals surface area contributed by atoms with E-state index >= 15 is 0 Å². The number of aryl methyl sites for hydroxylation is 2. The van der Waals surface area contributed by atoms with Gasteiger partial charge in [0, 0.05) is 32.2 Å². The Kier molecular flexibility index (Phi) is 4.74. The fourth-order valence-electron chi connectivity index (χ4n) is 3.18. The van der Waals surface area contributed by atoms with E-state index in [9.17, 15) is 0 Å². The molecule has 0 aromatic carbocycles. The van der Waals surface area contributed by atoms with Gasteiger partial charge in [0.1, 0.15) is 5.82 Å². The van der Waals surface area contributed by atoms with E-state index in [0.29, 0.717) is 5.41 Å². The second kappa shape index (κ2) is 6.17. The zero-order valence-corrected chi connectivity index (χ0v) is 13.8. The van der Waals surface area contributed by atoms with Crippen molar-refractivity contribution < 1.29 is 0 Å². The third kappa shape index (κ3) is 3.35. The maximum atomic E-state index is 4.64. The van der Waals surface area contributed by atoms with E-state index in [-0.39, 0.29) is 0 Å². The molecule has 114 valence electrons. The highest BCUT2D eigenvalue weighted by Crippen LogP contribution is 2.33. The summed E-state index contributed by atoms with van der Waals surface area (Å²) in [5.41, 5.74) is 3.01. The lowest BCUT2D eigenvalue weighted by molar-refractivity contribution is 0.325. The van der Waals surface area contributed by atoms with Crippen molar-refractivity contribution in [2.24, 2.45) is 12.5 Å². The van der Waals surface area contributed by atoms with Gasteiger partial charge in [-0.2, -0.15) is 5.10 Å². The molecule has 1 aromatic heterocycles. The van der Waals surface area contributed by atoms with Crippen LogP contribution in [0.3, 0.4) is 0 Å². The number of hydrogen-bond donors (Lipinski definition) is 1. The summed E-state index contributed by atoms with van der Waals surface area (Å²) in [7, 11) is 2.08. The zero-order valence-electron chi connectivity index (χ0n) is 13.8.